The summed E-state index contributed by atoms with van der Waals surface area (Å²) in [6.45, 7) is 0.0863. The lowest BCUT2D eigenvalue weighted by atomic mass is 10.3. The molecule has 0 aliphatic heterocycles. The maximum absolute atomic E-state index is 11.5. The summed E-state index contributed by atoms with van der Waals surface area (Å²) in [5.74, 6) is -0.110. The highest BCUT2D eigenvalue weighted by Gasteiger charge is 2.23. The van der Waals surface area contributed by atoms with E-state index in [0.29, 0.717) is 11.7 Å². The third kappa shape index (κ3) is 3.46. The summed E-state index contributed by atoms with van der Waals surface area (Å²) in [4.78, 5) is 11.7. The standard InChI is InChI=1S/C12H16N2O3S/c1-18(16,17)11-5-3-2-4-10(11)13-8-12(15)14-9-6-7-9/h2-5,9,13H,6-8H2,1H3,(H,14,15). The van der Waals surface area contributed by atoms with E-state index in [1.54, 1.807) is 18.2 Å². The van der Waals surface area contributed by atoms with E-state index in [9.17, 15) is 13.2 Å². The second-order valence-electron chi connectivity index (χ2n) is 4.46. The van der Waals surface area contributed by atoms with Crippen LogP contribution in [-0.2, 0) is 14.6 Å². The van der Waals surface area contributed by atoms with Crippen LogP contribution in [0.5, 0.6) is 0 Å². The molecule has 6 heteroatoms. The van der Waals surface area contributed by atoms with Crippen LogP contribution in [-0.4, -0.2) is 33.2 Å². The van der Waals surface area contributed by atoms with E-state index in [1.807, 2.05) is 0 Å². The molecule has 0 saturated heterocycles. The molecular weight excluding hydrogens is 252 g/mol. The lowest BCUT2D eigenvalue weighted by Gasteiger charge is -2.10. The highest BCUT2D eigenvalue weighted by Crippen LogP contribution is 2.21. The molecule has 1 aromatic carbocycles. The SMILES string of the molecule is CS(=O)(=O)c1ccccc1NCC(=O)NC1CC1. The molecule has 0 radical (unpaired) electrons. The van der Waals surface area contributed by atoms with Gasteiger partial charge in [-0.3, -0.25) is 4.79 Å². The first-order valence-electron chi connectivity index (χ1n) is 5.79. The van der Waals surface area contributed by atoms with Crippen LogP contribution in [0.15, 0.2) is 29.2 Å². The van der Waals surface area contributed by atoms with Crippen LogP contribution < -0.4 is 10.6 Å². The van der Waals surface area contributed by atoms with Gasteiger partial charge in [0, 0.05) is 12.3 Å². The van der Waals surface area contributed by atoms with Crippen LogP contribution in [0.2, 0.25) is 0 Å². The minimum absolute atomic E-state index is 0.0863. The number of sulfone groups is 1. The van der Waals surface area contributed by atoms with Gasteiger partial charge in [-0.2, -0.15) is 0 Å². The topological polar surface area (TPSA) is 75.3 Å². The first kappa shape index (κ1) is 12.9. The van der Waals surface area contributed by atoms with E-state index in [2.05, 4.69) is 10.6 Å². The number of nitrogens with one attached hydrogen (secondary N) is 2. The fourth-order valence-electron chi connectivity index (χ4n) is 1.62. The Kier molecular flexibility index (Phi) is 3.56. The van der Waals surface area contributed by atoms with Gasteiger partial charge < -0.3 is 10.6 Å². The maximum atomic E-state index is 11.5. The molecule has 1 saturated carbocycles. The lowest BCUT2D eigenvalue weighted by molar-refractivity contribution is -0.119. The second kappa shape index (κ2) is 4.97. The molecule has 5 nitrogen and oxygen atoms in total. The minimum atomic E-state index is -3.29. The van der Waals surface area contributed by atoms with Crippen molar-refractivity contribution in [1.29, 1.82) is 0 Å². The van der Waals surface area contributed by atoms with Gasteiger partial charge in [-0.05, 0) is 25.0 Å². The van der Waals surface area contributed by atoms with Crippen molar-refractivity contribution in [2.75, 3.05) is 18.1 Å². The number of carbonyl (C=O) groups is 1. The fourth-order valence-corrected chi connectivity index (χ4v) is 2.48. The molecule has 98 valence electrons. The highest BCUT2D eigenvalue weighted by atomic mass is 32.2. The van der Waals surface area contributed by atoms with Gasteiger partial charge in [0.1, 0.15) is 0 Å². The molecule has 0 unspecified atom stereocenters. The first-order valence-corrected chi connectivity index (χ1v) is 7.68. The first-order chi connectivity index (χ1) is 8.47. The predicted octanol–water partition coefficient (Wildman–Crippen LogP) is 0.781. The van der Waals surface area contributed by atoms with E-state index in [0.717, 1.165) is 19.1 Å². The average molecular weight is 268 g/mol. The summed E-state index contributed by atoms with van der Waals surface area (Å²) < 4.78 is 23.1. The van der Waals surface area contributed by atoms with Gasteiger partial charge in [0.15, 0.2) is 9.84 Å². The fraction of sp³-hybridized carbons (Fsp3) is 0.417. The summed E-state index contributed by atoms with van der Waals surface area (Å²) >= 11 is 0. The molecule has 1 aliphatic rings. The van der Waals surface area contributed by atoms with Crippen LogP contribution in [0.3, 0.4) is 0 Å². The Balaban J connectivity index is 2.02. The number of hydrogen-bond donors (Lipinski definition) is 2. The Morgan fingerprint density at radius 1 is 1.33 bits per heavy atom. The number of amides is 1. The number of anilines is 1. The molecule has 0 spiro atoms. The van der Waals surface area contributed by atoms with Gasteiger partial charge in [0.25, 0.3) is 0 Å². The summed E-state index contributed by atoms with van der Waals surface area (Å²) in [6, 6.07) is 6.88. The van der Waals surface area contributed by atoms with Gasteiger partial charge in [0.2, 0.25) is 5.91 Å². The zero-order chi connectivity index (χ0) is 13.2. The van der Waals surface area contributed by atoms with Crippen molar-refractivity contribution in [1.82, 2.24) is 5.32 Å². The van der Waals surface area contributed by atoms with Gasteiger partial charge in [-0.1, -0.05) is 12.1 Å². The monoisotopic (exact) mass is 268 g/mol. The molecule has 0 heterocycles. The zero-order valence-electron chi connectivity index (χ0n) is 10.1. The molecule has 2 N–H and O–H groups in total. The summed E-state index contributed by atoms with van der Waals surface area (Å²) in [7, 11) is -3.29. The zero-order valence-corrected chi connectivity index (χ0v) is 11.0. The third-order valence-corrected chi connectivity index (χ3v) is 3.82. The Bertz CT molecular complexity index is 550. The lowest BCUT2D eigenvalue weighted by Crippen LogP contribution is -2.31. The van der Waals surface area contributed by atoms with Crippen molar-refractivity contribution < 1.29 is 13.2 Å². The summed E-state index contributed by atoms with van der Waals surface area (Å²) in [5.41, 5.74) is 0.464. The molecule has 1 fully saturated rings. The Morgan fingerprint density at radius 3 is 2.61 bits per heavy atom. The van der Waals surface area contributed by atoms with Gasteiger partial charge >= 0.3 is 0 Å². The number of rotatable bonds is 5. The molecule has 0 bridgehead atoms. The average Bonchev–Trinajstić information content (AvgIpc) is 3.09. The molecule has 1 aromatic rings. The smallest absolute Gasteiger partial charge is 0.239 e. The molecular formula is C12H16N2O3S. The van der Waals surface area contributed by atoms with Crippen molar-refractivity contribution in [2.45, 2.75) is 23.8 Å². The Labute approximate surface area is 107 Å². The summed E-state index contributed by atoms with van der Waals surface area (Å²) in [5, 5.41) is 5.69. The second-order valence-corrected chi connectivity index (χ2v) is 6.45. The van der Waals surface area contributed by atoms with Crippen molar-refractivity contribution in [2.24, 2.45) is 0 Å². The highest BCUT2D eigenvalue weighted by molar-refractivity contribution is 7.90. The van der Waals surface area contributed by atoms with Crippen LogP contribution in [0, 0.1) is 0 Å². The van der Waals surface area contributed by atoms with Crippen molar-refractivity contribution in [3.8, 4) is 0 Å². The number of carbonyl (C=O) groups excluding carboxylic acids is 1. The quantitative estimate of drug-likeness (QED) is 0.827. The molecule has 0 atom stereocenters. The largest absolute Gasteiger partial charge is 0.375 e. The molecule has 2 rings (SSSR count). The van der Waals surface area contributed by atoms with E-state index >= 15 is 0 Å². The van der Waals surface area contributed by atoms with Gasteiger partial charge in [-0.25, -0.2) is 8.42 Å². The molecule has 1 amide bonds. The van der Waals surface area contributed by atoms with Crippen molar-refractivity contribution in [3.05, 3.63) is 24.3 Å². The van der Waals surface area contributed by atoms with E-state index in [4.69, 9.17) is 0 Å². The van der Waals surface area contributed by atoms with Crippen molar-refractivity contribution in [3.63, 3.8) is 0 Å². The van der Waals surface area contributed by atoms with E-state index < -0.39 is 9.84 Å². The normalized spacial score (nSPS) is 15.2. The van der Waals surface area contributed by atoms with E-state index in [1.165, 1.54) is 6.07 Å². The van der Waals surface area contributed by atoms with Gasteiger partial charge in [-0.15, -0.1) is 0 Å². The van der Waals surface area contributed by atoms with Gasteiger partial charge in [0.05, 0.1) is 17.1 Å². The third-order valence-electron chi connectivity index (χ3n) is 2.67. The molecule has 0 aromatic heterocycles. The number of para-hydroxylation sites is 1. The van der Waals surface area contributed by atoms with Crippen molar-refractivity contribution >= 4 is 21.4 Å². The van der Waals surface area contributed by atoms with Crippen LogP contribution in [0.25, 0.3) is 0 Å². The number of hydrogen-bond acceptors (Lipinski definition) is 4. The molecule has 18 heavy (non-hydrogen) atoms. The van der Waals surface area contributed by atoms with Crippen LogP contribution in [0.1, 0.15) is 12.8 Å². The number of benzene rings is 1. The summed E-state index contributed by atoms with van der Waals surface area (Å²) in [6.07, 6.45) is 3.22. The predicted molar refractivity (Wildman–Crippen MR) is 69.2 cm³/mol. The Morgan fingerprint density at radius 2 is 2.00 bits per heavy atom. The minimum Gasteiger partial charge on any atom is -0.375 e. The van der Waals surface area contributed by atoms with Crippen LogP contribution in [0.4, 0.5) is 5.69 Å². The Hall–Kier alpha value is -1.56. The van der Waals surface area contributed by atoms with E-state index in [-0.39, 0.29) is 17.3 Å². The van der Waals surface area contributed by atoms with Crippen LogP contribution >= 0.6 is 0 Å². The molecule has 1 aliphatic carbocycles. The maximum Gasteiger partial charge on any atom is 0.239 e.